The minimum absolute atomic E-state index is 0.0528. The van der Waals surface area contributed by atoms with Gasteiger partial charge in [0.25, 0.3) is 0 Å². The molecule has 2 heterocycles. The summed E-state index contributed by atoms with van der Waals surface area (Å²) >= 11 is 1.36. The molecule has 2 saturated heterocycles. The summed E-state index contributed by atoms with van der Waals surface area (Å²) in [5, 5.41) is 20.0. The molecule has 2 fully saturated rings. The van der Waals surface area contributed by atoms with E-state index < -0.39 is 41.3 Å². The molecular weight excluding hydrogens is 338 g/mol. The van der Waals surface area contributed by atoms with E-state index in [1.807, 2.05) is 0 Å². The van der Waals surface area contributed by atoms with Gasteiger partial charge in [-0.1, -0.05) is 6.58 Å². The van der Waals surface area contributed by atoms with Crippen LogP contribution < -0.4 is 11.1 Å². The zero-order valence-corrected chi connectivity index (χ0v) is 13.6. The van der Waals surface area contributed by atoms with Gasteiger partial charge in [0.05, 0.1) is 0 Å². The van der Waals surface area contributed by atoms with Crippen LogP contribution in [0.25, 0.3) is 0 Å². The van der Waals surface area contributed by atoms with Crippen LogP contribution in [0.15, 0.2) is 12.2 Å². The van der Waals surface area contributed by atoms with Gasteiger partial charge in [-0.05, 0) is 18.4 Å². The number of nitrogens with zero attached hydrogens (tertiary/aromatic N) is 1. The summed E-state index contributed by atoms with van der Waals surface area (Å²) in [5.74, 6) is -2.69. The summed E-state index contributed by atoms with van der Waals surface area (Å²) in [6.07, 6.45) is 0.500. The van der Waals surface area contributed by atoms with Crippen molar-refractivity contribution in [3.63, 3.8) is 0 Å². The number of carbonyl (C=O) groups is 4. The fourth-order valence-electron chi connectivity index (χ4n) is 2.68. The Morgan fingerprint density at radius 1 is 1.42 bits per heavy atom. The number of carboxylic acid groups (broad SMARTS) is 2. The zero-order chi connectivity index (χ0) is 18.0. The molecule has 2 rings (SSSR count). The van der Waals surface area contributed by atoms with Gasteiger partial charge >= 0.3 is 11.9 Å². The quantitative estimate of drug-likeness (QED) is 0.334. The molecule has 0 radical (unpaired) electrons. The minimum atomic E-state index is -1.13. The normalized spacial score (nSPS) is 27.0. The third kappa shape index (κ3) is 3.54. The molecule has 10 heteroatoms. The van der Waals surface area contributed by atoms with Crippen LogP contribution in [0.1, 0.15) is 19.3 Å². The van der Waals surface area contributed by atoms with Crippen molar-refractivity contribution in [3.8, 4) is 0 Å². The lowest BCUT2D eigenvalue weighted by Gasteiger charge is -2.52. The van der Waals surface area contributed by atoms with E-state index in [1.165, 1.54) is 16.7 Å². The second-order valence-corrected chi connectivity index (χ2v) is 6.83. The predicted octanol–water partition coefficient (Wildman–Crippen LogP) is -1.02. The fourth-order valence-corrected chi connectivity index (χ4v) is 3.99. The van der Waals surface area contributed by atoms with Gasteiger partial charge in [0.15, 0.2) is 6.04 Å². The molecule has 2 aliphatic heterocycles. The van der Waals surface area contributed by atoms with Crippen LogP contribution >= 0.6 is 11.8 Å². The van der Waals surface area contributed by atoms with Crippen molar-refractivity contribution in [1.82, 2.24) is 10.2 Å². The highest BCUT2D eigenvalue weighted by atomic mass is 32.2. The third-order valence-electron chi connectivity index (χ3n) is 3.97. The molecule has 0 bridgehead atoms. The number of carboxylic acids is 2. The first kappa shape index (κ1) is 18.3. The van der Waals surface area contributed by atoms with Crippen LogP contribution in [0.5, 0.6) is 0 Å². The Balaban J connectivity index is 1.85. The second-order valence-electron chi connectivity index (χ2n) is 5.73. The van der Waals surface area contributed by atoms with Crippen LogP contribution in [0, 0.1) is 0 Å². The molecule has 2 amide bonds. The van der Waals surface area contributed by atoms with E-state index in [0.717, 1.165) is 0 Å². The van der Waals surface area contributed by atoms with Gasteiger partial charge in [-0.3, -0.25) is 14.4 Å². The Morgan fingerprint density at radius 2 is 2.08 bits per heavy atom. The minimum Gasteiger partial charge on any atom is -0.480 e. The standard InChI is InChI=1S/C14H19N3O6S/c1-6-5-24-12-9(11(19)17(12)10(6)14(22)23)16-8(18)4-2-3-7(15)13(20)21/h7,9-10,12H,1-5,15H2,(H,16,18)(H,20,21)(H,22,23)/t7-,9-,10?,12?/m1/s1. The lowest BCUT2D eigenvalue weighted by Crippen LogP contribution is -2.74. The molecule has 0 spiro atoms. The first-order valence-corrected chi connectivity index (χ1v) is 8.41. The van der Waals surface area contributed by atoms with E-state index in [4.69, 9.17) is 10.8 Å². The molecule has 0 aliphatic carbocycles. The number of aliphatic carboxylic acids is 2. The van der Waals surface area contributed by atoms with E-state index in [2.05, 4.69) is 11.9 Å². The summed E-state index contributed by atoms with van der Waals surface area (Å²) in [6, 6.07) is -2.83. The van der Waals surface area contributed by atoms with Gasteiger partial charge in [-0.25, -0.2) is 4.79 Å². The lowest BCUT2D eigenvalue weighted by atomic mass is 9.98. The Morgan fingerprint density at radius 3 is 2.67 bits per heavy atom. The molecule has 132 valence electrons. The van der Waals surface area contributed by atoms with E-state index in [1.54, 1.807) is 0 Å². The number of carbonyl (C=O) groups excluding carboxylic acids is 2. The number of hydrogen-bond acceptors (Lipinski definition) is 6. The SMILES string of the molecule is C=C1CSC2[C@H](NC(=O)CCC[C@@H](N)C(=O)O)C(=O)N2C1C(=O)O. The van der Waals surface area contributed by atoms with Gasteiger partial charge in [0.2, 0.25) is 11.8 Å². The topological polar surface area (TPSA) is 150 Å². The van der Waals surface area contributed by atoms with Crippen LogP contribution in [0.3, 0.4) is 0 Å². The highest BCUT2D eigenvalue weighted by Gasteiger charge is 2.56. The molecule has 2 aliphatic rings. The summed E-state index contributed by atoms with van der Waals surface area (Å²) in [7, 11) is 0. The van der Waals surface area contributed by atoms with E-state index in [-0.39, 0.29) is 25.2 Å². The van der Waals surface area contributed by atoms with Crippen LogP contribution in [-0.2, 0) is 19.2 Å². The van der Waals surface area contributed by atoms with Gasteiger partial charge in [-0.2, -0.15) is 0 Å². The predicted molar refractivity (Wildman–Crippen MR) is 85.0 cm³/mol. The van der Waals surface area contributed by atoms with Crippen LogP contribution in [0.2, 0.25) is 0 Å². The smallest absolute Gasteiger partial charge is 0.330 e. The summed E-state index contributed by atoms with van der Waals surface area (Å²) in [6.45, 7) is 3.68. The molecule has 2 unspecified atom stereocenters. The zero-order valence-electron chi connectivity index (χ0n) is 12.8. The number of rotatable bonds is 7. The number of amides is 2. The molecular formula is C14H19N3O6S. The average Bonchev–Trinajstić information content (AvgIpc) is 2.51. The van der Waals surface area contributed by atoms with Gasteiger partial charge < -0.3 is 26.2 Å². The highest BCUT2D eigenvalue weighted by molar-refractivity contribution is 8.00. The van der Waals surface area contributed by atoms with Crippen LogP contribution in [-0.4, -0.2) is 68.1 Å². The average molecular weight is 357 g/mol. The number of nitrogens with one attached hydrogen (secondary N) is 1. The van der Waals surface area contributed by atoms with Crippen molar-refractivity contribution in [2.45, 2.75) is 42.8 Å². The maximum atomic E-state index is 12.2. The number of hydrogen-bond donors (Lipinski definition) is 4. The third-order valence-corrected chi connectivity index (χ3v) is 5.35. The molecule has 0 aromatic rings. The van der Waals surface area contributed by atoms with Crippen molar-refractivity contribution < 1.29 is 29.4 Å². The van der Waals surface area contributed by atoms with Crippen molar-refractivity contribution >= 4 is 35.5 Å². The second kappa shape index (κ2) is 7.22. The molecule has 0 aromatic carbocycles. The molecule has 24 heavy (non-hydrogen) atoms. The maximum Gasteiger partial charge on any atom is 0.330 e. The van der Waals surface area contributed by atoms with Gasteiger partial charge in [-0.15, -0.1) is 11.8 Å². The molecule has 5 N–H and O–H groups in total. The van der Waals surface area contributed by atoms with Crippen molar-refractivity contribution in [3.05, 3.63) is 12.2 Å². The largest absolute Gasteiger partial charge is 0.480 e. The number of thioether (sulfide) groups is 1. The first-order valence-electron chi connectivity index (χ1n) is 7.36. The van der Waals surface area contributed by atoms with E-state index in [9.17, 15) is 24.3 Å². The monoisotopic (exact) mass is 357 g/mol. The maximum absolute atomic E-state index is 12.2. The Kier molecular flexibility index (Phi) is 5.50. The summed E-state index contributed by atoms with van der Waals surface area (Å²) in [4.78, 5) is 47.1. The van der Waals surface area contributed by atoms with Crippen LogP contribution in [0.4, 0.5) is 0 Å². The number of β-lactam (4-membered cyclic amide) rings is 1. The van der Waals surface area contributed by atoms with Crippen molar-refractivity contribution in [2.24, 2.45) is 5.73 Å². The Bertz CT molecular complexity index is 595. The fraction of sp³-hybridized carbons (Fsp3) is 0.571. The lowest BCUT2D eigenvalue weighted by molar-refractivity contribution is -0.160. The molecule has 4 atom stereocenters. The molecule has 0 aromatic heterocycles. The van der Waals surface area contributed by atoms with Gasteiger partial charge in [0, 0.05) is 12.2 Å². The molecule has 9 nitrogen and oxygen atoms in total. The number of nitrogens with two attached hydrogens (primary N) is 1. The first-order chi connectivity index (χ1) is 11.2. The van der Waals surface area contributed by atoms with Crippen molar-refractivity contribution in [2.75, 3.05) is 5.75 Å². The van der Waals surface area contributed by atoms with Gasteiger partial charge in [0.1, 0.15) is 17.5 Å². The summed E-state index contributed by atoms with van der Waals surface area (Å²) in [5.41, 5.74) is 5.80. The Labute approximate surface area is 142 Å². The summed E-state index contributed by atoms with van der Waals surface area (Å²) < 4.78 is 0. The van der Waals surface area contributed by atoms with Crippen molar-refractivity contribution in [1.29, 1.82) is 0 Å². The highest BCUT2D eigenvalue weighted by Crippen LogP contribution is 2.39. The van der Waals surface area contributed by atoms with E-state index in [0.29, 0.717) is 11.3 Å². The number of fused-ring (bicyclic) bond motifs is 1. The van der Waals surface area contributed by atoms with E-state index >= 15 is 0 Å². The Hall–Kier alpha value is -2.07. The molecule has 0 saturated carbocycles.